The third kappa shape index (κ3) is 5.51. The minimum Gasteiger partial charge on any atom is -0.429 e. The Morgan fingerprint density at radius 2 is 1.41 bits per heavy atom. The van der Waals surface area contributed by atoms with Gasteiger partial charge >= 0.3 is 6.61 Å². The van der Waals surface area contributed by atoms with Gasteiger partial charge < -0.3 is 4.74 Å². The highest BCUT2D eigenvalue weighted by Gasteiger charge is 2.38. The summed E-state index contributed by atoms with van der Waals surface area (Å²) in [6.45, 7) is 0.627. The van der Waals surface area contributed by atoms with Crippen molar-refractivity contribution >= 4 is 0 Å². The lowest BCUT2D eigenvalue weighted by Crippen LogP contribution is -2.34. The molecule has 0 N–H and O–H groups in total. The summed E-state index contributed by atoms with van der Waals surface area (Å²) in [4.78, 5) is 0. The molecule has 3 saturated carbocycles. The molecule has 1 aromatic carbocycles. The van der Waals surface area contributed by atoms with Crippen LogP contribution in [-0.2, 0) is 0 Å². The number of alkyl halides is 2. The largest absolute Gasteiger partial charge is 0.429 e. The number of rotatable bonds is 7. The molecule has 4 atom stereocenters. The van der Waals surface area contributed by atoms with E-state index in [-0.39, 0.29) is 5.92 Å². The van der Waals surface area contributed by atoms with Crippen molar-refractivity contribution in [1.82, 2.24) is 0 Å². The van der Waals surface area contributed by atoms with Crippen LogP contribution in [0.15, 0.2) is 24.8 Å². The summed E-state index contributed by atoms with van der Waals surface area (Å²) in [6.07, 6.45) is 16.7. The molecule has 3 fully saturated rings. The maximum atomic E-state index is 14.1. The Hall–Kier alpha value is -1.52. The fourth-order valence-electron chi connectivity index (χ4n) is 7.01. The normalized spacial score (nSPS) is 33.0. The first kappa shape index (κ1) is 23.6. The van der Waals surface area contributed by atoms with E-state index in [1.165, 1.54) is 57.1 Å². The highest BCUT2D eigenvalue weighted by Crippen LogP contribution is 2.50. The molecule has 0 heterocycles. The lowest BCUT2D eigenvalue weighted by atomic mass is 9.60. The van der Waals surface area contributed by atoms with Crippen LogP contribution in [-0.4, -0.2) is 6.61 Å². The van der Waals surface area contributed by atoms with Gasteiger partial charge in [0, 0.05) is 0 Å². The molecule has 3 aliphatic carbocycles. The van der Waals surface area contributed by atoms with E-state index in [1.807, 2.05) is 6.08 Å². The van der Waals surface area contributed by atoms with Crippen LogP contribution in [0.5, 0.6) is 5.75 Å². The van der Waals surface area contributed by atoms with Crippen LogP contribution in [0.3, 0.4) is 0 Å². The summed E-state index contributed by atoms with van der Waals surface area (Å²) in [6, 6.07) is 2.36. The van der Waals surface area contributed by atoms with Crippen molar-refractivity contribution < 1.29 is 22.3 Å². The summed E-state index contributed by atoms with van der Waals surface area (Å²) in [7, 11) is 0. The first-order valence-corrected chi connectivity index (χ1v) is 12.5. The van der Waals surface area contributed by atoms with Crippen LogP contribution < -0.4 is 4.74 Å². The second-order valence-electron chi connectivity index (χ2n) is 10.4. The number of hydrogen-bond donors (Lipinski definition) is 0. The number of hydrogen-bond acceptors (Lipinski definition) is 1. The first-order valence-electron chi connectivity index (χ1n) is 12.5. The smallest absolute Gasteiger partial charge is 0.387 e. The number of benzene rings is 1. The van der Waals surface area contributed by atoms with Crippen LogP contribution in [0.2, 0.25) is 0 Å². The number of halogens is 4. The predicted molar refractivity (Wildman–Crippen MR) is 119 cm³/mol. The standard InChI is InChI=1S/C27H36F4O/c1-2-3-4-17-5-6-22-14-21(12-11-20(22)13-17)18-7-9-19(10-8-18)23-15-24(28)26(25(29)16-23)32-27(30)31/h2,15-22,27H,1,3-14H2. The topological polar surface area (TPSA) is 9.23 Å². The molecule has 0 spiro atoms. The Morgan fingerprint density at radius 3 is 2.03 bits per heavy atom. The van der Waals surface area contributed by atoms with Gasteiger partial charge in [-0.2, -0.15) is 8.78 Å². The van der Waals surface area contributed by atoms with E-state index >= 15 is 0 Å². The molecule has 0 radical (unpaired) electrons. The zero-order valence-corrected chi connectivity index (χ0v) is 18.9. The molecule has 1 aromatic rings. The molecule has 1 nitrogen and oxygen atoms in total. The van der Waals surface area contributed by atoms with Crippen molar-refractivity contribution in [1.29, 1.82) is 0 Å². The summed E-state index contributed by atoms with van der Waals surface area (Å²) in [5.41, 5.74) is 0.571. The Bertz CT molecular complexity index is 748. The minimum atomic E-state index is -3.24. The highest BCUT2D eigenvalue weighted by atomic mass is 19.3. The van der Waals surface area contributed by atoms with Gasteiger partial charge in [-0.1, -0.05) is 12.5 Å². The van der Waals surface area contributed by atoms with Gasteiger partial charge in [0.1, 0.15) is 0 Å². The first-order chi connectivity index (χ1) is 15.4. The average molecular weight is 453 g/mol. The van der Waals surface area contributed by atoms with E-state index in [0.29, 0.717) is 11.5 Å². The lowest BCUT2D eigenvalue weighted by molar-refractivity contribution is -0.0546. The zero-order chi connectivity index (χ0) is 22.7. The molecular weight excluding hydrogens is 416 g/mol. The van der Waals surface area contributed by atoms with E-state index in [2.05, 4.69) is 11.3 Å². The van der Waals surface area contributed by atoms with Crippen LogP contribution in [0, 0.1) is 41.2 Å². The average Bonchev–Trinajstić information content (AvgIpc) is 2.79. The summed E-state index contributed by atoms with van der Waals surface area (Å²) < 4.78 is 57.0. The van der Waals surface area contributed by atoms with Gasteiger partial charge in [0.2, 0.25) is 0 Å². The molecule has 3 aliphatic rings. The summed E-state index contributed by atoms with van der Waals surface area (Å²) in [5, 5.41) is 0. The monoisotopic (exact) mass is 452 g/mol. The van der Waals surface area contributed by atoms with Gasteiger partial charge in [0.25, 0.3) is 0 Å². The Morgan fingerprint density at radius 1 is 0.844 bits per heavy atom. The molecule has 5 heteroatoms. The van der Waals surface area contributed by atoms with Crippen LogP contribution >= 0.6 is 0 Å². The van der Waals surface area contributed by atoms with Gasteiger partial charge in [-0.05, 0) is 124 Å². The van der Waals surface area contributed by atoms with E-state index in [1.54, 1.807) is 0 Å². The van der Waals surface area contributed by atoms with E-state index in [4.69, 9.17) is 0 Å². The number of allylic oxidation sites excluding steroid dienone is 1. The molecule has 4 unspecified atom stereocenters. The third-order valence-electron chi connectivity index (χ3n) is 8.68. The SMILES string of the molecule is C=CCCC1CCC2CC(C3CCC(c4cc(F)c(OC(F)F)c(F)c4)CC3)CCC2C1. The Labute approximate surface area is 189 Å². The second-order valence-corrected chi connectivity index (χ2v) is 10.4. The molecule has 0 saturated heterocycles. The predicted octanol–water partition coefficient (Wildman–Crippen LogP) is 8.64. The Kier molecular flexibility index (Phi) is 7.83. The molecule has 0 amide bonds. The fraction of sp³-hybridized carbons (Fsp3) is 0.704. The van der Waals surface area contributed by atoms with Crippen molar-refractivity contribution in [2.45, 2.75) is 89.6 Å². The summed E-state index contributed by atoms with van der Waals surface area (Å²) in [5.74, 6) is 1.22. The van der Waals surface area contributed by atoms with Crippen molar-refractivity contribution in [2.24, 2.45) is 29.6 Å². The molecule has 0 aromatic heterocycles. The van der Waals surface area contributed by atoms with Crippen LogP contribution in [0.1, 0.15) is 88.5 Å². The zero-order valence-electron chi connectivity index (χ0n) is 18.9. The van der Waals surface area contributed by atoms with Gasteiger partial charge in [-0.25, -0.2) is 8.78 Å². The van der Waals surface area contributed by atoms with Crippen LogP contribution in [0.4, 0.5) is 17.6 Å². The number of ether oxygens (including phenoxy) is 1. The van der Waals surface area contributed by atoms with E-state index < -0.39 is 24.0 Å². The van der Waals surface area contributed by atoms with E-state index in [0.717, 1.165) is 55.8 Å². The quantitative estimate of drug-likeness (QED) is 0.297. The molecule has 0 aliphatic heterocycles. The molecule has 32 heavy (non-hydrogen) atoms. The van der Waals surface area contributed by atoms with E-state index in [9.17, 15) is 17.6 Å². The van der Waals surface area contributed by atoms with Gasteiger partial charge in [0.15, 0.2) is 17.4 Å². The molecule has 178 valence electrons. The number of fused-ring (bicyclic) bond motifs is 1. The minimum absolute atomic E-state index is 0.0903. The highest BCUT2D eigenvalue weighted by molar-refractivity contribution is 5.33. The molecule has 0 bridgehead atoms. The summed E-state index contributed by atoms with van der Waals surface area (Å²) >= 11 is 0. The van der Waals surface area contributed by atoms with Crippen molar-refractivity contribution in [3.8, 4) is 5.75 Å². The fourth-order valence-corrected chi connectivity index (χ4v) is 7.01. The van der Waals surface area contributed by atoms with Gasteiger partial charge in [0.05, 0.1) is 0 Å². The van der Waals surface area contributed by atoms with Crippen molar-refractivity contribution in [3.05, 3.63) is 42.0 Å². The van der Waals surface area contributed by atoms with Crippen molar-refractivity contribution in [3.63, 3.8) is 0 Å². The molecule has 4 rings (SSSR count). The lowest BCUT2D eigenvalue weighted by Gasteiger charge is -2.45. The van der Waals surface area contributed by atoms with Gasteiger partial charge in [-0.3, -0.25) is 0 Å². The maximum absolute atomic E-state index is 14.1. The Balaban J connectivity index is 1.29. The maximum Gasteiger partial charge on any atom is 0.387 e. The third-order valence-corrected chi connectivity index (χ3v) is 8.68. The van der Waals surface area contributed by atoms with Crippen molar-refractivity contribution in [2.75, 3.05) is 0 Å². The van der Waals surface area contributed by atoms with Gasteiger partial charge in [-0.15, -0.1) is 6.58 Å². The molecular formula is C27H36F4O. The second kappa shape index (κ2) is 10.6. The van der Waals surface area contributed by atoms with Crippen LogP contribution in [0.25, 0.3) is 0 Å².